The molecule has 27 heavy (non-hydrogen) atoms. The molecule has 0 unspecified atom stereocenters. The van der Waals surface area contributed by atoms with E-state index in [9.17, 15) is 8.42 Å². The quantitative estimate of drug-likeness (QED) is 0.566. The van der Waals surface area contributed by atoms with Crippen LogP contribution in [-0.4, -0.2) is 24.3 Å². The van der Waals surface area contributed by atoms with Gasteiger partial charge in [0.15, 0.2) is 0 Å². The Morgan fingerprint density at radius 2 is 1.81 bits per heavy atom. The number of rotatable bonds is 3. The first-order chi connectivity index (χ1) is 12.8. The van der Waals surface area contributed by atoms with E-state index in [0.29, 0.717) is 24.5 Å². The van der Waals surface area contributed by atoms with Gasteiger partial charge in [0.05, 0.1) is 27.2 Å². The fourth-order valence-corrected chi connectivity index (χ4v) is 5.99. The normalized spacial score (nSPS) is 14.9. The summed E-state index contributed by atoms with van der Waals surface area (Å²) >= 11 is 13.5. The average Bonchev–Trinajstić information content (AvgIpc) is 3.07. The van der Waals surface area contributed by atoms with E-state index >= 15 is 0 Å². The maximum absolute atomic E-state index is 13.0. The summed E-state index contributed by atoms with van der Waals surface area (Å²) in [5.41, 5.74) is 3.23. The van der Waals surface area contributed by atoms with E-state index in [1.165, 1.54) is 28.1 Å². The van der Waals surface area contributed by atoms with E-state index in [2.05, 4.69) is 12.1 Å². The van der Waals surface area contributed by atoms with Crippen molar-refractivity contribution in [1.29, 1.82) is 0 Å². The van der Waals surface area contributed by atoms with Gasteiger partial charge in [-0.25, -0.2) is 13.4 Å². The maximum Gasteiger partial charge on any atom is 0.243 e. The molecule has 4 rings (SSSR count). The van der Waals surface area contributed by atoms with Crippen molar-refractivity contribution < 1.29 is 8.42 Å². The summed E-state index contributed by atoms with van der Waals surface area (Å²) in [6.45, 7) is 2.76. The molecule has 1 aliphatic rings. The zero-order chi connectivity index (χ0) is 19.2. The lowest BCUT2D eigenvalue weighted by atomic mass is 10.1. The van der Waals surface area contributed by atoms with Gasteiger partial charge in [0.25, 0.3) is 0 Å². The van der Waals surface area contributed by atoms with E-state index in [4.69, 9.17) is 28.2 Å². The van der Waals surface area contributed by atoms with Crippen LogP contribution in [0.2, 0.25) is 10.0 Å². The van der Waals surface area contributed by atoms with E-state index in [1.54, 1.807) is 11.3 Å². The molecule has 0 N–H and O–H groups in total. The Kier molecular flexibility index (Phi) is 5.03. The van der Waals surface area contributed by atoms with Crippen molar-refractivity contribution in [2.24, 2.45) is 0 Å². The predicted molar refractivity (Wildman–Crippen MR) is 110 cm³/mol. The summed E-state index contributed by atoms with van der Waals surface area (Å²) in [6, 6.07) is 12.6. The number of aromatic nitrogens is 1. The maximum atomic E-state index is 13.0. The number of hydrogen-bond acceptors (Lipinski definition) is 4. The third-order valence-corrected chi connectivity index (χ3v) is 8.24. The average molecular weight is 439 g/mol. The second-order valence-corrected chi connectivity index (χ2v) is 10.3. The van der Waals surface area contributed by atoms with Crippen molar-refractivity contribution in [1.82, 2.24) is 9.29 Å². The van der Waals surface area contributed by atoms with Crippen molar-refractivity contribution in [3.63, 3.8) is 0 Å². The number of aryl methyl sites for hydroxylation is 1. The first-order valence-corrected chi connectivity index (χ1v) is 11.4. The second kappa shape index (κ2) is 7.18. The van der Waals surface area contributed by atoms with Gasteiger partial charge >= 0.3 is 0 Å². The Labute approximate surface area is 172 Å². The third kappa shape index (κ3) is 3.65. The molecule has 1 aliphatic heterocycles. The summed E-state index contributed by atoms with van der Waals surface area (Å²) < 4.78 is 27.4. The van der Waals surface area contributed by atoms with Crippen LogP contribution in [0.3, 0.4) is 0 Å². The van der Waals surface area contributed by atoms with E-state index in [1.807, 2.05) is 19.1 Å². The molecule has 0 radical (unpaired) electrons. The molecule has 2 aromatic carbocycles. The molecule has 0 fully saturated rings. The predicted octanol–water partition coefficient (Wildman–Crippen LogP) is 5.17. The molecule has 0 saturated heterocycles. The SMILES string of the molecule is Cc1ccc(-c2nc3c(s2)CN(S(=O)(=O)c2ccc(Cl)c(Cl)c2)CC3)cc1. The first-order valence-electron chi connectivity index (χ1n) is 8.35. The molecule has 0 spiro atoms. The molecule has 0 bridgehead atoms. The fourth-order valence-electron chi connectivity index (χ4n) is 2.98. The molecule has 0 saturated carbocycles. The molecular weight excluding hydrogens is 423 g/mol. The summed E-state index contributed by atoms with van der Waals surface area (Å²) in [5.74, 6) is 0. The molecule has 2 heterocycles. The van der Waals surface area contributed by atoms with E-state index in [0.717, 1.165) is 21.1 Å². The Hall–Kier alpha value is -1.44. The zero-order valence-corrected chi connectivity index (χ0v) is 17.6. The minimum Gasteiger partial charge on any atom is -0.241 e. The topological polar surface area (TPSA) is 50.3 Å². The third-order valence-electron chi connectivity index (χ3n) is 4.52. The van der Waals surface area contributed by atoms with Gasteiger partial charge in [-0.2, -0.15) is 4.31 Å². The van der Waals surface area contributed by atoms with Gasteiger partial charge in [0.2, 0.25) is 10.0 Å². The first kappa shape index (κ1) is 18.9. The number of nitrogens with zero attached hydrogens (tertiary/aromatic N) is 2. The minimum atomic E-state index is -3.64. The van der Waals surface area contributed by atoms with Crippen molar-refractivity contribution in [2.75, 3.05) is 6.54 Å². The summed E-state index contributed by atoms with van der Waals surface area (Å²) in [7, 11) is -3.64. The molecule has 8 heteroatoms. The molecule has 3 aromatic rings. The van der Waals surface area contributed by atoms with Gasteiger partial charge in [0.1, 0.15) is 5.01 Å². The highest BCUT2D eigenvalue weighted by atomic mass is 35.5. The van der Waals surface area contributed by atoms with Crippen molar-refractivity contribution in [3.05, 3.63) is 68.6 Å². The number of thiazole rings is 1. The van der Waals surface area contributed by atoms with Crippen LogP contribution in [0.25, 0.3) is 10.6 Å². The van der Waals surface area contributed by atoms with Crippen LogP contribution in [-0.2, 0) is 23.0 Å². The monoisotopic (exact) mass is 438 g/mol. The van der Waals surface area contributed by atoms with Crippen LogP contribution < -0.4 is 0 Å². The Balaban J connectivity index is 1.62. The zero-order valence-electron chi connectivity index (χ0n) is 14.4. The van der Waals surface area contributed by atoms with Crippen LogP contribution in [0.15, 0.2) is 47.4 Å². The van der Waals surface area contributed by atoms with Crippen molar-refractivity contribution in [2.45, 2.75) is 24.8 Å². The standard InChI is InChI=1S/C19H16Cl2N2O2S2/c1-12-2-4-13(5-3-12)19-22-17-8-9-23(11-18(17)26-19)27(24,25)14-6-7-15(20)16(21)10-14/h2-7,10H,8-9,11H2,1H3. The molecule has 0 atom stereocenters. The second-order valence-electron chi connectivity index (χ2n) is 6.42. The van der Waals surface area contributed by atoms with Gasteiger partial charge in [-0.3, -0.25) is 0 Å². The van der Waals surface area contributed by atoms with Crippen molar-refractivity contribution >= 4 is 44.6 Å². The molecule has 0 aliphatic carbocycles. The van der Waals surface area contributed by atoms with Crippen molar-refractivity contribution in [3.8, 4) is 10.6 Å². The molecule has 0 amide bonds. The molecule has 1 aromatic heterocycles. The smallest absolute Gasteiger partial charge is 0.241 e. The Bertz CT molecular complexity index is 1110. The highest BCUT2D eigenvalue weighted by Gasteiger charge is 2.30. The fraction of sp³-hybridized carbons (Fsp3) is 0.211. The number of sulfonamides is 1. The van der Waals surface area contributed by atoms with Crippen LogP contribution in [0.4, 0.5) is 0 Å². The highest BCUT2D eigenvalue weighted by Crippen LogP contribution is 2.34. The Morgan fingerprint density at radius 1 is 1.07 bits per heavy atom. The molecule has 140 valence electrons. The largest absolute Gasteiger partial charge is 0.243 e. The number of benzene rings is 2. The summed E-state index contributed by atoms with van der Waals surface area (Å²) in [5, 5.41) is 1.49. The van der Waals surface area contributed by atoms with E-state index < -0.39 is 10.0 Å². The lowest BCUT2D eigenvalue weighted by Gasteiger charge is -2.25. The van der Waals surface area contributed by atoms with Crippen LogP contribution in [0, 0.1) is 6.92 Å². The van der Waals surface area contributed by atoms with Gasteiger partial charge in [-0.1, -0.05) is 53.0 Å². The number of fused-ring (bicyclic) bond motifs is 1. The molecular formula is C19H16Cl2N2O2S2. The van der Waals surface area contributed by atoms with E-state index in [-0.39, 0.29) is 9.92 Å². The summed E-state index contributed by atoms with van der Waals surface area (Å²) in [4.78, 5) is 5.87. The van der Waals surface area contributed by atoms with Gasteiger partial charge < -0.3 is 0 Å². The lowest BCUT2D eigenvalue weighted by Crippen LogP contribution is -2.35. The summed E-state index contributed by atoms with van der Waals surface area (Å²) in [6.07, 6.45) is 0.595. The highest BCUT2D eigenvalue weighted by molar-refractivity contribution is 7.89. The van der Waals surface area contributed by atoms with Crippen LogP contribution in [0.5, 0.6) is 0 Å². The number of halogens is 2. The minimum absolute atomic E-state index is 0.156. The number of hydrogen-bond donors (Lipinski definition) is 0. The molecule has 4 nitrogen and oxygen atoms in total. The lowest BCUT2D eigenvalue weighted by molar-refractivity contribution is 0.393. The van der Waals surface area contributed by atoms with Crippen LogP contribution >= 0.6 is 34.5 Å². The van der Waals surface area contributed by atoms with Gasteiger partial charge in [-0.05, 0) is 25.1 Å². The Morgan fingerprint density at radius 3 is 2.52 bits per heavy atom. The van der Waals surface area contributed by atoms with Gasteiger partial charge in [-0.15, -0.1) is 11.3 Å². The van der Waals surface area contributed by atoms with Crippen LogP contribution in [0.1, 0.15) is 16.1 Å². The van der Waals surface area contributed by atoms with Gasteiger partial charge in [0, 0.05) is 23.4 Å².